The van der Waals surface area contributed by atoms with Gasteiger partial charge in [0.2, 0.25) is 0 Å². The summed E-state index contributed by atoms with van der Waals surface area (Å²) < 4.78 is 2.08. The minimum Gasteiger partial charge on any atom is -0.480 e. The van der Waals surface area contributed by atoms with E-state index >= 15 is 0 Å². The molecule has 0 fully saturated rings. The molecule has 0 aliphatic rings. The van der Waals surface area contributed by atoms with Gasteiger partial charge in [-0.3, -0.25) is 9.69 Å². The zero-order valence-electron chi connectivity index (χ0n) is 11.6. The summed E-state index contributed by atoms with van der Waals surface area (Å²) in [5.74, 6) is -0.342. The van der Waals surface area contributed by atoms with Crippen LogP contribution in [0.1, 0.15) is 39.4 Å². The van der Waals surface area contributed by atoms with E-state index in [4.69, 9.17) is 5.11 Å². The fourth-order valence-electron chi connectivity index (χ4n) is 2.04. The second-order valence-corrected chi connectivity index (χ2v) is 5.34. The molecule has 0 aliphatic heterocycles. The molecule has 0 saturated carbocycles. The Labute approximate surface area is 108 Å². The van der Waals surface area contributed by atoms with Crippen LogP contribution in [0, 0.1) is 5.92 Å². The minimum atomic E-state index is -0.786. The van der Waals surface area contributed by atoms with E-state index in [-0.39, 0.29) is 6.54 Å². The lowest BCUT2D eigenvalue weighted by Gasteiger charge is -2.23. The van der Waals surface area contributed by atoms with Gasteiger partial charge in [0.25, 0.3) is 0 Å². The third kappa shape index (κ3) is 4.49. The molecule has 102 valence electrons. The first-order chi connectivity index (χ1) is 8.40. The van der Waals surface area contributed by atoms with Crippen LogP contribution in [0.25, 0.3) is 0 Å². The number of rotatable bonds is 7. The molecule has 18 heavy (non-hydrogen) atoms. The topological polar surface area (TPSA) is 58.4 Å². The summed E-state index contributed by atoms with van der Waals surface area (Å²) in [4.78, 5) is 17.0. The van der Waals surface area contributed by atoms with E-state index in [0.717, 1.165) is 12.2 Å². The van der Waals surface area contributed by atoms with E-state index in [2.05, 4.69) is 37.2 Å². The second-order valence-electron chi connectivity index (χ2n) is 5.34. The highest BCUT2D eigenvalue weighted by atomic mass is 16.4. The summed E-state index contributed by atoms with van der Waals surface area (Å²) in [5.41, 5.74) is 1.06. The van der Waals surface area contributed by atoms with Gasteiger partial charge in [-0.25, -0.2) is 4.98 Å². The number of aromatic nitrogens is 2. The van der Waals surface area contributed by atoms with Crippen molar-refractivity contribution in [1.29, 1.82) is 0 Å². The van der Waals surface area contributed by atoms with Crippen LogP contribution in [-0.4, -0.2) is 38.6 Å². The fourth-order valence-corrected chi connectivity index (χ4v) is 2.04. The molecule has 1 aromatic heterocycles. The first-order valence-electron chi connectivity index (χ1n) is 6.35. The lowest BCUT2D eigenvalue weighted by molar-refractivity contribution is -0.138. The first kappa shape index (κ1) is 14.7. The van der Waals surface area contributed by atoms with E-state index in [1.165, 1.54) is 0 Å². The van der Waals surface area contributed by atoms with Crippen molar-refractivity contribution in [2.45, 2.75) is 40.3 Å². The predicted octanol–water partition coefficient (Wildman–Crippen LogP) is 2.01. The van der Waals surface area contributed by atoms with Gasteiger partial charge in [-0.1, -0.05) is 13.8 Å². The Morgan fingerprint density at radius 2 is 2.11 bits per heavy atom. The van der Waals surface area contributed by atoms with Crippen molar-refractivity contribution in [2.24, 2.45) is 5.92 Å². The molecule has 0 bridgehead atoms. The Morgan fingerprint density at radius 3 is 2.61 bits per heavy atom. The number of hydrogen-bond donors (Lipinski definition) is 1. The summed E-state index contributed by atoms with van der Waals surface area (Å²) in [6.07, 6.45) is 3.61. The monoisotopic (exact) mass is 253 g/mol. The molecule has 0 radical (unpaired) electrons. The Balaban J connectivity index is 2.75. The largest absolute Gasteiger partial charge is 0.480 e. The molecule has 0 unspecified atom stereocenters. The highest BCUT2D eigenvalue weighted by molar-refractivity contribution is 5.69. The van der Waals surface area contributed by atoms with Crippen molar-refractivity contribution in [1.82, 2.24) is 14.5 Å². The summed E-state index contributed by atoms with van der Waals surface area (Å²) in [5, 5.41) is 8.94. The second kappa shape index (κ2) is 6.54. The van der Waals surface area contributed by atoms with Gasteiger partial charge in [-0.15, -0.1) is 0 Å². The summed E-state index contributed by atoms with van der Waals surface area (Å²) in [6, 6.07) is 0.341. The Hall–Kier alpha value is -1.36. The van der Waals surface area contributed by atoms with Crippen LogP contribution in [0.4, 0.5) is 0 Å². The predicted molar refractivity (Wildman–Crippen MR) is 70.4 cm³/mol. The number of carboxylic acid groups (broad SMARTS) is 1. The molecule has 1 aromatic rings. The third-order valence-corrected chi connectivity index (χ3v) is 2.67. The Bertz CT molecular complexity index is 385. The van der Waals surface area contributed by atoms with E-state index in [1.807, 2.05) is 11.1 Å². The molecule has 1 heterocycles. The highest BCUT2D eigenvalue weighted by Gasteiger charge is 2.15. The normalized spacial score (nSPS) is 11.7. The molecule has 0 spiro atoms. The minimum absolute atomic E-state index is 0.0709. The van der Waals surface area contributed by atoms with Crippen molar-refractivity contribution in [3.8, 4) is 0 Å². The van der Waals surface area contributed by atoms with Crippen molar-refractivity contribution in [3.05, 3.63) is 18.2 Å². The van der Waals surface area contributed by atoms with Crippen LogP contribution in [0.3, 0.4) is 0 Å². The highest BCUT2D eigenvalue weighted by Crippen LogP contribution is 2.12. The van der Waals surface area contributed by atoms with Crippen LogP contribution in [0.5, 0.6) is 0 Å². The molecule has 0 amide bonds. The van der Waals surface area contributed by atoms with Crippen LogP contribution in [0.2, 0.25) is 0 Å². The van der Waals surface area contributed by atoms with E-state index in [1.54, 1.807) is 6.33 Å². The Morgan fingerprint density at radius 1 is 1.44 bits per heavy atom. The average Bonchev–Trinajstić information content (AvgIpc) is 2.63. The molecule has 0 aliphatic carbocycles. The standard InChI is InChI=1S/C13H23N3O2/c1-10(2)6-15(8-13(17)18)7-12-5-14-9-16(12)11(3)4/h5,9-11H,6-8H2,1-4H3,(H,17,18). The number of carboxylic acids is 1. The molecule has 0 saturated heterocycles. The molecule has 5 nitrogen and oxygen atoms in total. The maximum atomic E-state index is 10.9. The zero-order chi connectivity index (χ0) is 13.7. The molecule has 0 atom stereocenters. The van der Waals surface area contributed by atoms with Gasteiger partial charge < -0.3 is 9.67 Å². The van der Waals surface area contributed by atoms with Crippen LogP contribution in [-0.2, 0) is 11.3 Å². The average molecular weight is 253 g/mol. The van der Waals surface area contributed by atoms with Crippen LogP contribution < -0.4 is 0 Å². The van der Waals surface area contributed by atoms with E-state index < -0.39 is 5.97 Å². The number of carbonyl (C=O) groups is 1. The van der Waals surface area contributed by atoms with Gasteiger partial charge in [0, 0.05) is 25.3 Å². The lowest BCUT2D eigenvalue weighted by atomic mass is 10.2. The molecular formula is C13H23N3O2. The Kier molecular flexibility index (Phi) is 5.34. The number of imidazole rings is 1. The SMILES string of the molecule is CC(C)CN(CC(=O)O)Cc1cncn1C(C)C. The maximum Gasteiger partial charge on any atom is 0.317 e. The zero-order valence-corrected chi connectivity index (χ0v) is 11.6. The van der Waals surface area contributed by atoms with Crippen LogP contribution >= 0.6 is 0 Å². The maximum absolute atomic E-state index is 10.9. The molecule has 1 N–H and O–H groups in total. The van der Waals surface area contributed by atoms with Crippen molar-refractivity contribution >= 4 is 5.97 Å². The summed E-state index contributed by atoms with van der Waals surface area (Å²) in [6.45, 7) is 9.84. The quantitative estimate of drug-likeness (QED) is 0.807. The van der Waals surface area contributed by atoms with Gasteiger partial charge in [0.1, 0.15) is 0 Å². The molecular weight excluding hydrogens is 230 g/mol. The van der Waals surface area contributed by atoms with Crippen molar-refractivity contribution < 1.29 is 9.90 Å². The lowest BCUT2D eigenvalue weighted by Crippen LogP contribution is -2.33. The van der Waals surface area contributed by atoms with Crippen molar-refractivity contribution in [2.75, 3.05) is 13.1 Å². The number of nitrogens with zero attached hydrogens (tertiary/aromatic N) is 3. The fraction of sp³-hybridized carbons (Fsp3) is 0.692. The number of aliphatic carboxylic acids is 1. The van der Waals surface area contributed by atoms with E-state index in [0.29, 0.717) is 18.5 Å². The van der Waals surface area contributed by atoms with Gasteiger partial charge in [-0.05, 0) is 19.8 Å². The molecule has 0 aromatic carbocycles. The molecule has 1 rings (SSSR count). The van der Waals surface area contributed by atoms with Crippen LogP contribution in [0.15, 0.2) is 12.5 Å². The van der Waals surface area contributed by atoms with Gasteiger partial charge in [-0.2, -0.15) is 0 Å². The summed E-state index contributed by atoms with van der Waals surface area (Å²) >= 11 is 0. The first-order valence-corrected chi connectivity index (χ1v) is 6.35. The molecule has 5 heteroatoms. The summed E-state index contributed by atoms with van der Waals surface area (Å²) in [7, 11) is 0. The van der Waals surface area contributed by atoms with Gasteiger partial charge in [0.15, 0.2) is 0 Å². The van der Waals surface area contributed by atoms with Crippen molar-refractivity contribution in [3.63, 3.8) is 0 Å². The number of hydrogen-bond acceptors (Lipinski definition) is 3. The van der Waals surface area contributed by atoms with E-state index in [9.17, 15) is 4.79 Å². The third-order valence-electron chi connectivity index (χ3n) is 2.67. The van der Waals surface area contributed by atoms with Gasteiger partial charge >= 0.3 is 5.97 Å². The van der Waals surface area contributed by atoms with Gasteiger partial charge in [0.05, 0.1) is 18.6 Å². The smallest absolute Gasteiger partial charge is 0.317 e.